The van der Waals surface area contributed by atoms with E-state index in [-0.39, 0.29) is 5.56 Å². The molecule has 0 aromatic carbocycles. The van der Waals surface area contributed by atoms with E-state index in [2.05, 4.69) is 25.7 Å². The van der Waals surface area contributed by atoms with Crippen molar-refractivity contribution in [1.82, 2.24) is 25.3 Å². The second-order valence-corrected chi connectivity index (χ2v) is 4.56. The number of nitrogens with two attached hydrogens (primary N) is 1. The van der Waals surface area contributed by atoms with Gasteiger partial charge in [0.2, 0.25) is 0 Å². The summed E-state index contributed by atoms with van der Waals surface area (Å²) in [5, 5.41) is 14.0. The summed E-state index contributed by atoms with van der Waals surface area (Å²) < 4.78 is 1.61. The molecule has 3 heterocycles. The highest BCUT2D eigenvalue weighted by molar-refractivity contribution is 5.57. The SMILES string of the molecule is CCn1c(=O)c(-c2cnn[nH]2)cc2c1=NC(N)NC=2C. The Morgan fingerprint density at radius 3 is 2.95 bits per heavy atom. The van der Waals surface area contributed by atoms with Crippen LogP contribution in [-0.2, 0) is 6.54 Å². The number of pyridine rings is 1. The van der Waals surface area contributed by atoms with E-state index in [0.29, 0.717) is 23.3 Å². The lowest BCUT2D eigenvalue weighted by Gasteiger charge is -2.18. The first kappa shape index (κ1) is 12.5. The van der Waals surface area contributed by atoms with Crippen LogP contribution in [0.4, 0.5) is 0 Å². The Morgan fingerprint density at radius 1 is 1.50 bits per heavy atom. The highest BCUT2D eigenvalue weighted by atomic mass is 16.1. The Balaban J connectivity index is 2.45. The molecule has 0 fully saturated rings. The number of nitrogens with zero attached hydrogens (tertiary/aromatic N) is 4. The molecule has 2 aromatic heterocycles. The lowest BCUT2D eigenvalue weighted by Crippen LogP contribution is -2.53. The zero-order chi connectivity index (χ0) is 14.3. The Morgan fingerprint density at radius 2 is 2.30 bits per heavy atom. The molecule has 0 aliphatic carbocycles. The van der Waals surface area contributed by atoms with Gasteiger partial charge in [0.05, 0.1) is 17.5 Å². The number of rotatable bonds is 2. The molecule has 1 unspecified atom stereocenters. The molecular formula is C12H15N7O. The van der Waals surface area contributed by atoms with Crippen LogP contribution in [0.15, 0.2) is 22.1 Å². The minimum atomic E-state index is -0.528. The van der Waals surface area contributed by atoms with Gasteiger partial charge in [0.1, 0.15) is 5.49 Å². The lowest BCUT2D eigenvalue weighted by molar-refractivity contribution is 0.573. The van der Waals surface area contributed by atoms with Crippen LogP contribution >= 0.6 is 0 Å². The number of hydrogen-bond donors (Lipinski definition) is 3. The first-order valence-electron chi connectivity index (χ1n) is 6.33. The highest BCUT2D eigenvalue weighted by Crippen LogP contribution is 2.07. The number of nitrogens with one attached hydrogen (secondary N) is 2. The third-order valence-corrected chi connectivity index (χ3v) is 3.31. The van der Waals surface area contributed by atoms with Crippen LogP contribution in [0.3, 0.4) is 0 Å². The van der Waals surface area contributed by atoms with Crippen molar-refractivity contribution in [2.75, 3.05) is 0 Å². The van der Waals surface area contributed by atoms with E-state index in [1.165, 1.54) is 6.20 Å². The van der Waals surface area contributed by atoms with Gasteiger partial charge in [-0.2, -0.15) is 0 Å². The maximum Gasteiger partial charge on any atom is 0.261 e. The van der Waals surface area contributed by atoms with Crippen molar-refractivity contribution in [2.24, 2.45) is 10.7 Å². The van der Waals surface area contributed by atoms with E-state index in [1.807, 2.05) is 13.8 Å². The number of H-pyrrole nitrogens is 1. The Kier molecular flexibility index (Phi) is 2.87. The van der Waals surface area contributed by atoms with Gasteiger partial charge in [0.15, 0.2) is 6.29 Å². The van der Waals surface area contributed by atoms with Gasteiger partial charge >= 0.3 is 0 Å². The first-order chi connectivity index (χ1) is 9.61. The second-order valence-electron chi connectivity index (χ2n) is 4.56. The first-order valence-corrected chi connectivity index (χ1v) is 6.33. The van der Waals surface area contributed by atoms with Gasteiger partial charge in [-0.25, -0.2) is 4.99 Å². The molecular weight excluding hydrogens is 258 g/mol. The molecule has 2 aromatic rings. The fourth-order valence-corrected chi connectivity index (χ4v) is 2.35. The summed E-state index contributed by atoms with van der Waals surface area (Å²) in [5.41, 5.74) is 8.27. The quantitative estimate of drug-likeness (QED) is 0.600. The van der Waals surface area contributed by atoms with Gasteiger partial charge < -0.3 is 5.32 Å². The van der Waals surface area contributed by atoms with Crippen LogP contribution in [-0.4, -0.2) is 26.3 Å². The summed E-state index contributed by atoms with van der Waals surface area (Å²) in [6, 6.07) is 1.79. The van der Waals surface area contributed by atoms with E-state index in [9.17, 15) is 4.79 Å². The molecule has 8 nitrogen and oxygen atoms in total. The van der Waals surface area contributed by atoms with E-state index in [0.717, 1.165) is 10.9 Å². The van der Waals surface area contributed by atoms with Crippen LogP contribution in [0.5, 0.6) is 0 Å². The minimum Gasteiger partial charge on any atom is -0.355 e. The fraction of sp³-hybridized carbons (Fsp3) is 0.333. The zero-order valence-corrected chi connectivity index (χ0v) is 11.2. The zero-order valence-electron chi connectivity index (χ0n) is 11.2. The van der Waals surface area contributed by atoms with Crippen molar-refractivity contribution < 1.29 is 0 Å². The third kappa shape index (κ3) is 1.81. The molecule has 1 aliphatic heterocycles. The van der Waals surface area contributed by atoms with Crippen molar-refractivity contribution >= 4 is 5.70 Å². The van der Waals surface area contributed by atoms with Crippen LogP contribution in [0.1, 0.15) is 13.8 Å². The summed E-state index contributed by atoms with van der Waals surface area (Å²) in [5.74, 6) is 0. The van der Waals surface area contributed by atoms with Gasteiger partial charge in [-0.3, -0.25) is 20.2 Å². The van der Waals surface area contributed by atoms with Gasteiger partial charge in [0.25, 0.3) is 5.56 Å². The standard InChI is InChI=1S/C12H15N7O/c1-3-19-10-7(6(2)15-12(13)16-10)4-8(11(19)20)9-5-14-18-17-9/h4-5,12,15H,3,13H2,1-2H3,(H,14,17,18). The van der Waals surface area contributed by atoms with Crippen LogP contribution in [0.25, 0.3) is 17.0 Å². The highest BCUT2D eigenvalue weighted by Gasteiger charge is 2.15. The topological polar surface area (TPSA) is 114 Å². The molecule has 0 saturated carbocycles. The predicted octanol–water partition coefficient (Wildman–Crippen LogP) is -1.75. The summed E-state index contributed by atoms with van der Waals surface area (Å²) in [4.78, 5) is 16.9. The second kappa shape index (κ2) is 4.57. The summed E-state index contributed by atoms with van der Waals surface area (Å²) in [6.07, 6.45) is 0.997. The molecule has 8 heteroatoms. The average molecular weight is 273 g/mol. The smallest absolute Gasteiger partial charge is 0.261 e. The molecule has 0 saturated heterocycles. The number of aromatic amines is 1. The molecule has 104 valence electrons. The maximum atomic E-state index is 12.5. The van der Waals surface area contributed by atoms with Crippen molar-refractivity contribution in [3.8, 4) is 11.3 Å². The Labute approximate surface area is 114 Å². The molecule has 0 bridgehead atoms. The van der Waals surface area contributed by atoms with E-state index < -0.39 is 6.29 Å². The third-order valence-electron chi connectivity index (χ3n) is 3.31. The molecule has 1 atom stereocenters. The Hall–Kier alpha value is -2.48. The minimum absolute atomic E-state index is 0.136. The van der Waals surface area contributed by atoms with Gasteiger partial charge in [0, 0.05) is 17.5 Å². The van der Waals surface area contributed by atoms with Crippen molar-refractivity contribution in [3.05, 3.63) is 33.3 Å². The molecule has 0 spiro atoms. The van der Waals surface area contributed by atoms with Crippen molar-refractivity contribution in [3.63, 3.8) is 0 Å². The number of hydrogen-bond acceptors (Lipinski definition) is 6. The molecule has 0 amide bonds. The normalized spacial score (nSPS) is 17.4. The van der Waals surface area contributed by atoms with Crippen LogP contribution in [0.2, 0.25) is 0 Å². The maximum absolute atomic E-state index is 12.5. The number of fused-ring (bicyclic) bond motifs is 1. The monoisotopic (exact) mass is 273 g/mol. The molecule has 20 heavy (non-hydrogen) atoms. The lowest BCUT2D eigenvalue weighted by atomic mass is 10.1. The number of aromatic nitrogens is 4. The molecule has 0 radical (unpaired) electrons. The van der Waals surface area contributed by atoms with Crippen molar-refractivity contribution in [2.45, 2.75) is 26.7 Å². The summed E-state index contributed by atoms with van der Waals surface area (Å²) >= 11 is 0. The Bertz CT molecular complexity index is 819. The van der Waals surface area contributed by atoms with Gasteiger partial charge in [-0.15, -0.1) is 5.10 Å². The fourth-order valence-electron chi connectivity index (χ4n) is 2.35. The van der Waals surface area contributed by atoms with Crippen LogP contribution in [0, 0.1) is 0 Å². The van der Waals surface area contributed by atoms with E-state index >= 15 is 0 Å². The van der Waals surface area contributed by atoms with Gasteiger partial charge in [-0.05, 0) is 19.9 Å². The predicted molar refractivity (Wildman–Crippen MR) is 72.7 cm³/mol. The van der Waals surface area contributed by atoms with E-state index in [1.54, 1.807) is 10.6 Å². The molecule has 4 N–H and O–H groups in total. The van der Waals surface area contributed by atoms with Crippen LogP contribution < -0.4 is 27.3 Å². The average Bonchev–Trinajstić information content (AvgIpc) is 2.92. The molecule has 3 rings (SSSR count). The van der Waals surface area contributed by atoms with Gasteiger partial charge in [-0.1, -0.05) is 5.21 Å². The summed E-state index contributed by atoms with van der Waals surface area (Å²) in [6.45, 7) is 4.32. The molecule has 1 aliphatic rings. The largest absolute Gasteiger partial charge is 0.355 e. The van der Waals surface area contributed by atoms with Crippen molar-refractivity contribution in [1.29, 1.82) is 0 Å². The summed E-state index contributed by atoms with van der Waals surface area (Å²) in [7, 11) is 0. The van der Waals surface area contributed by atoms with E-state index in [4.69, 9.17) is 5.73 Å².